The van der Waals surface area contributed by atoms with E-state index in [1.165, 1.54) is 5.69 Å². The highest BCUT2D eigenvalue weighted by Crippen LogP contribution is 2.21. The van der Waals surface area contributed by atoms with Gasteiger partial charge in [0.05, 0.1) is 11.5 Å². The number of hydrogen-bond acceptors (Lipinski definition) is 7. The number of sulfone groups is 1. The van der Waals surface area contributed by atoms with Gasteiger partial charge < -0.3 is 15.5 Å². The van der Waals surface area contributed by atoms with Crippen molar-refractivity contribution in [3.05, 3.63) is 36.5 Å². The predicted molar refractivity (Wildman–Crippen MR) is 106 cm³/mol. The second-order valence-corrected chi connectivity index (χ2v) is 8.58. The molecule has 0 bridgehead atoms. The maximum atomic E-state index is 11.6. The van der Waals surface area contributed by atoms with Crippen LogP contribution in [0.4, 0.5) is 23.1 Å². The van der Waals surface area contributed by atoms with Crippen molar-refractivity contribution in [1.29, 1.82) is 0 Å². The first-order valence-corrected chi connectivity index (χ1v) is 10.7. The van der Waals surface area contributed by atoms with E-state index in [1.54, 1.807) is 12.3 Å². The summed E-state index contributed by atoms with van der Waals surface area (Å²) < 4.78 is 23.1. The summed E-state index contributed by atoms with van der Waals surface area (Å²) in [6, 6.07) is 9.80. The van der Waals surface area contributed by atoms with Crippen molar-refractivity contribution in [2.24, 2.45) is 0 Å². The van der Waals surface area contributed by atoms with Gasteiger partial charge in [0.15, 0.2) is 9.84 Å². The van der Waals surface area contributed by atoms with Gasteiger partial charge in [0, 0.05) is 36.7 Å². The molecule has 1 fully saturated rings. The van der Waals surface area contributed by atoms with Crippen LogP contribution >= 0.6 is 0 Å². The molecule has 1 aliphatic rings. The fraction of sp³-hybridized carbons (Fsp3) is 0.444. The molecule has 1 aromatic heterocycles. The van der Waals surface area contributed by atoms with Crippen molar-refractivity contribution in [3.63, 3.8) is 0 Å². The average molecular weight is 375 g/mol. The minimum absolute atomic E-state index is 0.0869. The maximum absolute atomic E-state index is 11.6. The quantitative estimate of drug-likeness (QED) is 0.769. The first-order chi connectivity index (χ1) is 12.5. The zero-order valence-corrected chi connectivity index (χ0v) is 16.0. The Labute approximate surface area is 154 Å². The van der Waals surface area contributed by atoms with Gasteiger partial charge in [-0.2, -0.15) is 4.98 Å². The van der Waals surface area contributed by atoms with E-state index in [9.17, 15) is 8.42 Å². The van der Waals surface area contributed by atoms with E-state index in [2.05, 4.69) is 51.5 Å². The van der Waals surface area contributed by atoms with E-state index in [0.29, 0.717) is 18.2 Å². The van der Waals surface area contributed by atoms with Crippen LogP contribution in [-0.2, 0) is 9.84 Å². The highest BCUT2D eigenvalue weighted by atomic mass is 32.2. The van der Waals surface area contributed by atoms with E-state index in [4.69, 9.17) is 0 Å². The fourth-order valence-electron chi connectivity index (χ4n) is 3.09. The number of anilines is 4. The van der Waals surface area contributed by atoms with Crippen molar-refractivity contribution in [1.82, 2.24) is 9.97 Å². The Morgan fingerprint density at radius 1 is 1.15 bits per heavy atom. The first-order valence-electron chi connectivity index (χ1n) is 8.91. The lowest BCUT2D eigenvalue weighted by Gasteiger charge is -2.21. The summed E-state index contributed by atoms with van der Waals surface area (Å²) in [6.45, 7) is 6.21. The van der Waals surface area contributed by atoms with Crippen LogP contribution in [-0.4, -0.2) is 49.0 Å². The van der Waals surface area contributed by atoms with Gasteiger partial charge in [-0.15, -0.1) is 0 Å². The molecule has 0 amide bonds. The highest BCUT2D eigenvalue weighted by Gasteiger charge is 2.27. The molecule has 0 aliphatic carbocycles. The minimum Gasteiger partial charge on any atom is -0.372 e. The molecular weight excluding hydrogens is 350 g/mol. The lowest BCUT2D eigenvalue weighted by atomic mass is 10.2. The number of nitrogens with one attached hydrogen (secondary N) is 2. The van der Waals surface area contributed by atoms with Crippen LogP contribution in [0.1, 0.15) is 20.3 Å². The summed E-state index contributed by atoms with van der Waals surface area (Å²) in [4.78, 5) is 10.9. The van der Waals surface area contributed by atoms with E-state index >= 15 is 0 Å². The molecule has 0 saturated carbocycles. The van der Waals surface area contributed by atoms with Crippen molar-refractivity contribution < 1.29 is 8.42 Å². The summed E-state index contributed by atoms with van der Waals surface area (Å²) in [7, 11) is -2.92. The first kappa shape index (κ1) is 18.4. The molecule has 26 heavy (non-hydrogen) atoms. The van der Waals surface area contributed by atoms with Gasteiger partial charge >= 0.3 is 0 Å². The lowest BCUT2D eigenvalue weighted by molar-refractivity contribution is 0.602. The van der Waals surface area contributed by atoms with E-state index in [0.717, 1.165) is 18.8 Å². The molecular formula is C18H25N5O2S. The monoisotopic (exact) mass is 375 g/mol. The Morgan fingerprint density at radius 3 is 2.50 bits per heavy atom. The molecule has 1 aromatic carbocycles. The molecule has 1 unspecified atom stereocenters. The van der Waals surface area contributed by atoms with Gasteiger partial charge in [-0.25, -0.2) is 13.4 Å². The standard InChI is InChI=1S/C18H25N5O2S/c1-3-23(4-2)16-7-5-14(6-8-16)21-18-19-11-9-17(22-18)20-15-10-12-26(24,25)13-15/h5-9,11,15H,3-4,10,12-13H2,1-2H3,(H2,19,20,21,22). The molecule has 1 saturated heterocycles. The summed E-state index contributed by atoms with van der Waals surface area (Å²) in [6.07, 6.45) is 2.27. The van der Waals surface area contributed by atoms with E-state index < -0.39 is 9.84 Å². The molecule has 3 rings (SSSR count). The second kappa shape index (κ2) is 7.90. The van der Waals surface area contributed by atoms with E-state index in [-0.39, 0.29) is 17.5 Å². The van der Waals surface area contributed by atoms with Crippen molar-refractivity contribution >= 4 is 33.0 Å². The molecule has 8 heteroatoms. The Morgan fingerprint density at radius 2 is 1.88 bits per heavy atom. The van der Waals surface area contributed by atoms with Crippen molar-refractivity contribution in [3.8, 4) is 0 Å². The Balaban J connectivity index is 1.65. The fourth-order valence-corrected chi connectivity index (χ4v) is 4.76. The van der Waals surface area contributed by atoms with Crippen LogP contribution in [0, 0.1) is 0 Å². The Kier molecular flexibility index (Phi) is 5.61. The van der Waals surface area contributed by atoms with Gasteiger partial charge in [0.1, 0.15) is 5.82 Å². The average Bonchev–Trinajstić information content (AvgIpc) is 2.96. The van der Waals surface area contributed by atoms with Gasteiger partial charge in [-0.1, -0.05) is 0 Å². The van der Waals surface area contributed by atoms with Crippen LogP contribution in [0.25, 0.3) is 0 Å². The number of nitrogens with zero attached hydrogens (tertiary/aromatic N) is 3. The second-order valence-electron chi connectivity index (χ2n) is 6.35. The largest absolute Gasteiger partial charge is 0.372 e. The van der Waals surface area contributed by atoms with Gasteiger partial charge in [0.25, 0.3) is 0 Å². The van der Waals surface area contributed by atoms with Gasteiger partial charge in [-0.05, 0) is 50.6 Å². The van der Waals surface area contributed by atoms with Crippen LogP contribution in [0.5, 0.6) is 0 Å². The summed E-state index contributed by atoms with van der Waals surface area (Å²) in [5.41, 5.74) is 2.08. The molecule has 2 aromatic rings. The van der Waals surface area contributed by atoms with Crippen LogP contribution in [0.3, 0.4) is 0 Å². The van der Waals surface area contributed by atoms with Crippen molar-refractivity contribution in [2.75, 3.05) is 40.1 Å². The van der Waals surface area contributed by atoms with Crippen LogP contribution in [0.15, 0.2) is 36.5 Å². The minimum atomic E-state index is -2.92. The lowest BCUT2D eigenvalue weighted by Crippen LogP contribution is -2.21. The SMILES string of the molecule is CCN(CC)c1ccc(Nc2nccc(NC3CCS(=O)(=O)C3)n2)cc1. The van der Waals surface area contributed by atoms with E-state index in [1.807, 2.05) is 12.1 Å². The number of aromatic nitrogens is 2. The van der Waals surface area contributed by atoms with Crippen LogP contribution in [0.2, 0.25) is 0 Å². The number of hydrogen-bond donors (Lipinski definition) is 2. The predicted octanol–water partition coefficient (Wildman–Crippen LogP) is 2.67. The third-order valence-corrected chi connectivity index (χ3v) is 6.26. The highest BCUT2D eigenvalue weighted by molar-refractivity contribution is 7.91. The third-order valence-electron chi connectivity index (χ3n) is 4.49. The smallest absolute Gasteiger partial charge is 0.229 e. The summed E-state index contributed by atoms with van der Waals surface area (Å²) in [5.74, 6) is 1.50. The zero-order valence-electron chi connectivity index (χ0n) is 15.1. The molecule has 2 heterocycles. The topological polar surface area (TPSA) is 87.2 Å². The molecule has 1 aliphatic heterocycles. The van der Waals surface area contributed by atoms with Gasteiger partial charge in [-0.3, -0.25) is 0 Å². The Hall–Kier alpha value is -2.35. The summed E-state index contributed by atoms with van der Waals surface area (Å²) >= 11 is 0. The molecule has 0 radical (unpaired) electrons. The molecule has 0 spiro atoms. The number of benzene rings is 1. The van der Waals surface area contributed by atoms with Crippen LogP contribution < -0.4 is 15.5 Å². The molecule has 7 nitrogen and oxygen atoms in total. The third kappa shape index (κ3) is 4.63. The maximum Gasteiger partial charge on any atom is 0.229 e. The Bertz CT molecular complexity index is 835. The van der Waals surface area contributed by atoms with Gasteiger partial charge in [0.2, 0.25) is 5.95 Å². The molecule has 2 N–H and O–H groups in total. The van der Waals surface area contributed by atoms with Crippen molar-refractivity contribution in [2.45, 2.75) is 26.3 Å². The normalized spacial score (nSPS) is 18.5. The molecule has 140 valence electrons. The zero-order chi connectivity index (χ0) is 18.6. The summed E-state index contributed by atoms with van der Waals surface area (Å²) in [5, 5.41) is 6.37. The number of rotatable bonds is 7. The molecule has 1 atom stereocenters.